The Labute approximate surface area is 245 Å². The van der Waals surface area contributed by atoms with Crippen LogP contribution < -0.4 is 16.5 Å². The predicted octanol–water partition coefficient (Wildman–Crippen LogP) is 6.84. The number of halogens is 5. The van der Waals surface area contributed by atoms with Crippen molar-refractivity contribution in [1.82, 2.24) is 10.5 Å². The Hall–Kier alpha value is -2.75. The van der Waals surface area contributed by atoms with Crippen molar-refractivity contribution in [3.05, 3.63) is 80.1 Å². The first-order valence-electron chi connectivity index (χ1n) is 12.3. The molecule has 0 aliphatic heterocycles. The normalized spacial score (nSPS) is 11.9. The molecule has 3 aromatic rings. The summed E-state index contributed by atoms with van der Waals surface area (Å²) in [6, 6.07) is 6.38. The van der Waals surface area contributed by atoms with Gasteiger partial charge in [-0.2, -0.15) is 0 Å². The van der Waals surface area contributed by atoms with Gasteiger partial charge in [0.1, 0.15) is 5.82 Å². The van der Waals surface area contributed by atoms with Crippen LogP contribution in [0.4, 0.5) is 34.8 Å². The second kappa shape index (κ2) is 12.8. The van der Waals surface area contributed by atoms with Gasteiger partial charge in [0, 0.05) is 16.2 Å². The topological polar surface area (TPSA) is 98.5 Å². The zero-order valence-corrected chi connectivity index (χ0v) is 25.9. The molecule has 3 rings (SSSR count). The average Bonchev–Trinajstić information content (AvgIpc) is 2.86. The van der Waals surface area contributed by atoms with Gasteiger partial charge in [0.05, 0.1) is 30.2 Å². The number of nitrogens with one attached hydrogen (secondary N) is 2. The number of carbonyl (C=O) groups is 1. The van der Waals surface area contributed by atoms with Gasteiger partial charge < -0.3 is 15.5 Å². The number of nitrogens with zero attached hydrogens (tertiary/aromatic N) is 1. The summed E-state index contributed by atoms with van der Waals surface area (Å²) in [5, 5.41) is 2.45. The highest BCUT2D eigenvalue weighted by Gasteiger charge is 2.37. The third-order valence-electron chi connectivity index (χ3n) is 6.71. The fraction of sp³-hybridized carbons (Fsp3) is 0.333. The van der Waals surface area contributed by atoms with Crippen molar-refractivity contribution < 1.29 is 31.6 Å². The number of hydroxylamine groups is 1. The minimum atomic E-state index is -2.05. The third kappa shape index (κ3) is 7.50. The second-order valence-electron chi connectivity index (χ2n) is 10.6. The summed E-state index contributed by atoms with van der Waals surface area (Å²) < 4.78 is 66.2. The van der Waals surface area contributed by atoms with E-state index in [1.54, 1.807) is 6.07 Å². The van der Waals surface area contributed by atoms with Crippen LogP contribution in [0.15, 0.2) is 36.5 Å². The Balaban J connectivity index is 1.90. The molecule has 0 fully saturated rings. The van der Waals surface area contributed by atoms with Crippen LogP contribution in [0.5, 0.6) is 0 Å². The van der Waals surface area contributed by atoms with Gasteiger partial charge in [-0.1, -0.05) is 20.8 Å². The van der Waals surface area contributed by atoms with E-state index in [9.17, 15) is 13.6 Å². The highest BCUT2D eigenvalue weighted by Crippen LogP contribution is 2.36. The number of pyridine rings is 1. The monoisotopic (exact) mass is 690 g/mol. The first-order chi connectivity index (χ1) is 18.6. The average molecular weight is 691 g/mol. The van der Waals surface area contributed by atoms with Gasteiger partial charge in [-0.25, -0.2) is 28.0 Å². The third-order valence-corrected chi connectivity index (χ3v) is 11.9. The van der Waals surface area contributed by atoms with E-state index in [4.69, 9.17) is 15.0 Å². The van der Waals surface area contributed by atoms with Crippen molar-refractivity contribution in [3.8, 4) is 0 Å². The van der Waals surface area contributed by atoms with E-state index in [0.717, 1.165) is 6.07 Å². The minimum Gasteiger partial charge on any atom is -0.414 e. The minimum absolute atomic E-state index is 0.00913. The quantitative estimate of drug-likeness (QED) is 0.0709. The van der Waals surface area contributed by atoms with Gasteiger partial charge in [0.2, 0.25) is 0 Å². The Kier molecular flexibility index (Phi) is 10.2. The van der Waals surface area contributed by atoms with Crippen LogP contribution in [-0.4, -0.2) is 32.4 Å². The number of rotatable bonds is 10. The van der Waals surface area contributed by atoms with Gasteiger partial charge in [-0.05, 0) is 82.2 Å². The van der Waals surface area contributed by atoms with Crippen molar-refractivity contribution in [3.63, 3.8) is 0 Å². The smallest absolute Gasteiger partial charge is 0.277 e. The molecule has 0 unspecified atom stereocenters. The molecule has 0 aliphatic rings. The maximum atomic E-state index is 15.4. The highest BCUT2D eigenvalue weighted by molar-refractivity contribution is 14.1. The molecule has 0 saturated carbocycles. The lowest BCUT2D eigenvalue weighted by molar-refractivity contribution is 0.0184. The lowest BCUT2D eigenvalue weighted by atomic mass is 10.00. The van der Waals surface area contributed by atoms with Crippen molar-refractivity contribution in [1.29, 1.82) is 0 Å². The van der Waals surface area contributed by atoms with Crippen molar-refractivity contribution in [2.75, 3.05) is 24.3 Å². The molecule has 0 spiro atoms. The number of hydrogen-bond acceptors (Lipinski definition) is 6. The number of amides is 1. The van der Waals surface area contributed by atoms with E-state index in [0.29, 0.717) is 3.57 Å². The maximum absolute atomic E-state index is 15.4. The molecule has 0 radical (unpaired) electrons. The number of carbonyl (C=O) groups excluding carboxylic acids is 1. The predicted molar refractivity (Wildman–Crippen MR) is 157 cm³/mol. The molecule has 1 amide bonds. The highest BCUT2D eigenvalue weighted by atomic mass is 127. The van der Waals surface area contributed by atoms with E-state index in [2.05, 4.69) is 49.6 Å². The largest absolute Gasteiger partial charge is 0.414 e. The number of benzene rings is 2. The lowest BCUT2D eigenvalue weighted by Gasteiger charge is -2.36. The number of anilines is 3. The Bertz CT molecular complexity index is 1400. The molecule has 1 heterocycles. The SMILES string of the molecule is CC(C)(C)[Si](C)(C)OCCONC(=O)c1cc(Cc2ccnc(N)c2F)c(F)c(F)c1Nc1ccc(I)cc1F. The molecule has 0 atom stereocenters. The van der Waals surface area contributed by atoms with Crippen molar-refractivity contribution >= 4 is 54.0 Å². The fourth-order valence-electron chi connectivity index (χ4n) is 3.40. The Morgan fingerprint density at radius 2 is 1.73 bits per heavy atom. The van der Waals surface area contributed by atoms with Crippen LogP contribution in [0.1, 0.15) is 42.3 Å². The lowest BCUT2D eigenvalue weighted by Crippen LogP contribution is -2.41. The molecule has 2 aromatic carbocycles. The molecule has 40 heavy (non-hydrogen) atoms. The molecule has 13 heteroatoms. The molecule has 0 aliphatic carbocycles. The molecule has 4 N–H and O–H groups in total. The van der Waals surface area contributed by atoms with Crippen LogP contribution in [0.3, 0.4) is 0 Å². The summed E-state index contributed by atoms with van der Waals surface area (Å²) in [5.74, 6) is -5.77. The van der Waals surface area contributed by atoms with Gasteiger partial charge >= 0.3 is 0 Å². The van der Waals surface area contributed by atoms with Crippen LogP contribution in [-0.2, 0) is 15.7 Å². The van der Waals surface area contributed by atoms with E-state index >= 15 is 8.78 Å². The Morgan fingerprint density at radius 1 is 1.02 bits per heavy atom. The van der Waals surface area contributed by atoms with Gasteiger partial charge in [0.15, 0.2) is 31.6 Å². The molecule has 7 nitrogen and oxygen atoms in total. The van der Waals surface area contributed by atoms with E-state index in [-0.39, 0.29) is 40.6 Å². The van der Waals surface area contributed by atoms with Crippen LogP contribution in [0, 0.1) is 26.8 Å². The van der Waals surface area contributed by atoms with E-state index in [1.807, 2.05) is 22.6 Å². The number of hydrogen-bond donors (Lipinski definition) is 3. The van der Waals surface area contributed by atoms with Crippen LogP contribution >= 0.6 is 22.6 Å². The fourth-order valence-corrected chi connectivity index (χ4v) is 4.88. The summed E-state index contributed by atoms with van der Waals surface area (Å²) in [4.78, 5) is 22.0. The standard InChI is InChI=1S/C27H31F4IN4O3Si/c1-27(2,3)40(4,5)39-11-10-38-36-26(37)18-13-16(12-15-8-9-34-25(33)22(15)30)21(29)23(31)24(18)35-20-7-6-17(32)14-19(20)28/h6-9,13-14,35H,10-12H2,1-5H3,(H2,33,34)(H,36,37). The summed E-state index contributed by atoms with van der Waals surface area (Å²) in [5.41, 5.74) is 6.12. The van der Waals surface area contributed by atoms with E-state index < -0.39 is 55.4 Å². The van der Waals surface area contributed by atoms with Gasteiger partial charge in [-0.3, -0.25) is 9.63 Å². The van der Waals surface area contributed by atoms with Crippen LogP contribution in [0.2, 0.25) is 18.1 Å². The summed E-state index contributed by atoms with van der Waals surface area (Å²) in [6.45, 7) is 10.6. The summed E-state index contributed by atoms with van der Waals surface area (Å²) >= 11 is 1.90. The van der Waals surface area contributed by atoms with Gasteiger partial charge in [-0.15, -0.1) is 0 Å². The maximum Gasteiger partial charge on any atom is 0.277 e. The zero-order valence-electron chi connectivity index (χ0n) is 22.7. The van der Waals surface area contributed by atoms with Crippen molar-refractivity contribution in [2.24, 2.45) is 0 Å². The van der Waals surface area contributed by atoms with Gasteiger partial charge in [0.25, 0.3) is 5.91 Å². The first kappa shape index (κ1) is 31.8. The first-order valence-corrected chi connectivity index (χ1v) is 16.3. The number of nitrogen functional groups attached to an aromatic ring is 1. The Morgan fingerprint density at radius 3 is 2.38 bits per heavy atom. The summed E-state index contributed by atoms with van der Waals surface area (Å²) in [6.07, 6.45) is 0.797. The molecule has 0 saturated heterocycles. The second-order valence-corrected chi connectivity index (χ2v) is 16.6. The molecular formula is C27H31F4IN4O3Si. The van der Waals surface area contributed by atoms with E-state index in [1.165, 1.54) is 24.4 Å². The zero-order chi connectivity index (χ0) is 29.8. The molecule has 216 valence electrons. The van der Waals surface area contributed by atoms with Crippen molar-refractivity contribution in [2.45, 2.75) is 45.3 Å². The molecule has 0 bridgehead atoms. The molecule has 1 aromatic heterocycles. The van der Waals surface area contributed by atoms with Crippen LogP contribution in [0.25, 0.3) is 0 Å². The molecular weight excluding hydrogens is 659 g/mol. The summed E-state index contributed by atoms with van der Waals surface area (Å²) in [7, 11) is -2.05. The number of aromatic nitrogens is 1. The number of nitrogens with two attached hydrogens (primary N) is 1.